The van der Waals surface area contributed by atoms with E-state index in [1.807, 2.05) is 42.5 Å². The molecule has 2 rings (SSSR count). The van der Waals surface area contributed by atoms with E-state index in [9.17, 15) is 0 Å². The summed E-state index contributed by atoms with van der Waals surface area (Å²) in [4.78, 5) is 0. The molecular weight excluding hydrogens is 172 g/mol. The van der Waals surface area contributed by atoms with Crippen LogP contribution in [-0.4, -0.2) is 6.10 Å². The molecule has 1 atom stereocenters. The molecule has 70 valence electrons. The van der Waals surface area contributed by atoms with Gasteiger partial charge in [0.15, 0.2) is 0 Å². The molecule has 1 aromatic carbocycles. The highest BCUT2D eigenvalue weighted by Gasteiger charge is 1.99. The number of hydrogen-bond donors (Lipinski definition) is 0. The second kappa shape index (κ2) is 4.47. The second-order valence-electron chi connectivity index (χ2n) is 3.08. The Morgan fingerprint density at radius 1 is 1.07 bits per heavy atom. The number of ether oxygens (including phenoxy) is 1. The van der Waals surface area contributed by atoms with Gasteiger partial charge in [-0.15, -0.1) is 0 Å². The zero-order valence-corrected chi connectivity index (χ0v) is 7.84. The molecule has 0 unspecified atom stereocenters. The van der Waals surface area contributed by atoms with Crippen LogP contribution in [0.5, 0.6) is 0 Å². The first-order chi connectivity index (χ1) is 6.95. The molecule has 0 fully saturated rings. The van der Waals surface area contributed by atoms with E-state index in [4.69, 9.17) is 4.74 Å². The summed E-state index contributed by atoms with van der Waals surface area (Å²) in [6, 6.07) is 10.2. The highest BCUT2D eigenvalue weighted by atomic mass is 16.5. The van der Waals surface area contributed by atoms with Crippen LogP contribution in [0.3, 0.4) is 0 Å². The summed E-state index contributed by atoms with van der Waals surface area (Å²) < 4.78 is 5.35. The Labute approximate surface area is 84.0 Å². The Morgan fingerprint density at radius 2 is 1.93 bits per heavy atom. The molecule has 0 bridgehead atoms. The number of hydrogen-bond acceptors (Lipinski definition) is 1. The van der Waals surface area contributed by atoms with Crippen LogP contribution in [0.25, 0.3) is 6.08 Å². The maximum atomic E-state index is 5.35. The normalized spacial score (nSPS) is 19.9. The van der Waals surface area contributed by atoms with Crippen LogP contribution in [0.1, 0.15) is 5.56 Å². The first-order valence-corrected chi connectivity index (χ1v) is 4.67. The van der Waals surface area contributed by atoms with Crippen molar-refractivity contribution in [3.63, 3.8) is 0 Å². The molecule has 0 aromatic heterocycles. The summed E-state index contributed by atoms with van der Waals surface area (Å²) in [5.41, 5.74) is 1.19. The number of rotatable bonds is 2. The topological polar surface area (TPSA) is 9.23 Å². The molecule has 1 aromatic rings. The smallest absolute Gasteiger partial charge is 0.135 e. The molecule has 1 aliphatic heterocycles. The van der Waals surface area contributed by atoms with Gasteiger partial charge < -0.3 is 4.74 Å². The maximum absolute atomic E-state index is 5.35. The fourth-order valence-corrected chi connectivity index (χ4v) is 1.28. The van der Waals surface area contributed by atoms with Crippen molar-refractivity contribution in [2.75, 3.05) is 0 Å². The molecule has 0 amide bonds. The van der Waals surface area contributed by atoms with Crippen LogP contribution < -0.4 is 0 Å². The van der Waals surface area contributed by atoms with Gasteiger partial charge in [-0.3, -0.25) is 0 Å². The van der Waals surface area contributed by atoms with Crippen molar-refractivity contribution in [3.05, 3.63) is 66.5 Å². The number of allylic oxidation sites excluding steroid dienone is 2. The van der Waals surface area contributed by atoms with E-state index in [0.717, 1.165) is 0 Å². The third-order valence-corrected chi connectivity index (χ3v) is 2.00. The summed E-state index contributed by atoms with van der Waals surface area (Å²) in [6.45, 7) is 0. The molecule has 1 heteroatoms. The average Bonchev–Trinajstić information content (AvgIpc) is 2.29. The first kappa shape index (κ1) is 8.82. The predicted octanol–water partition coefficient (Wildman–Crippen LogP) is 3.17. The van der Waals surface area contributed by atoms with Crippen molar-refractivity contribution in [3.8, 4) is 0 Å². The van der Waals surface area contributed by atoms with Crippen molar-refractivity contribution in [1.82, 2.24) is 0 Å². The summed E-state index contributed by atoms with van der Waals surface area (Å²) in [7, 11) is 0. The molecule has 1 heterocycles. The Balaban J connectivity index is 2.01. The van der Waals surface area contributed by atoms with Gasteiger partial charge in [0.25, 0.3) is 0 Å². The third kappa shape index (κ3) is 2.36. The summed E-state index contributed by atoms with van der Waals surface area (Å²) in [5.74, 6) is 0. The minimum absolute atomic E-state index is 0.0696. The molecule has 0 saturated carbocycles. The molecule has 0 saturated heterocycles. The number of benzene rings is 1. The van der Waals surface area contributed by atoms with E-state index in [2.05, 4.69) is 18.2 Å². The van der Waals surface area contributed by atoms with Crippen LogP contribution >= 0.6 is 0 Å². The Bertz CT molecular complexity index is 360. The van der Waals surface area contributed by atoms with E-state index in [1.54, 1.807) is 6.26 Å². The van der Waals surface area contributed by atoms with E-state index in [0.29, 0.717) is 0 Å². The van der Waals surface area contributed by atoms with Crippen LogP contribution in [-0.2, 0) is 4.74 Å². The second-order valence-corrected chi connectivity index (χ2v) is 3.08. The largest absolute Gasteiger partial charge is 0.490 e. The van der Waals surface area contributed by atoms with Crippen molar-refractivity contribution >= 4 is 6.08 Å². The zero-order valence-electron chi connectivity index (χ0n) is 7.84. The third-order valence-electron chi connectivity index (χ3n) is 2.00. The fraction of sp³-hybridized carbons (Fsp3) is 0.0769. The first-order valence-electron chi connectivity index (χ1n) is 4.67. The highest BCUT2D eigenvalue weighted by molar-refractivity contribution is 5.49. The van der Waals surface area contributed by atoms with Crippen molar-refractivity contribution in [2.24, 2.45) is 0 Å². The van der Waals surface area contributed by atoms with Gasteiger partial charge in [0.1, 0.15) is 6.10 Å². The molecule has 1 nitrogen and oxygen atoms in total. The molecule has 0 radical (unpaired) electrons. The Morgan fingerprint density at radius 3 is 2.64 bits per heavy atom. The zero-order chi connectivity index (χ0) is 9.64. The van der Waals surface area contributed by atoms with Crippen LogP contribution in [0.2, 0.25) is 0 Å². The van der Waals surface area contributed by atoms with Gasteiger partial charge in [-0.2, -0.15) is 0 Å². The molecule has 0 spiro atoms. The maximum Gasteiger partial charge on any atom is 0.135 e. The summed E-state index contributed by atoms with van der Waals surface area (Å²) in [6.07, 6.45) is 11.8. The minimum Gasteiger partial charge on any atom is -0.490 e. The van der Waals surface area contributed by atoms with Crippen molar-refractivity contribution < 1.29 is 4.74 Å². The van der Waals surface area contributed by atoms with E-state index < -0.39 is 0 Å². The van der Waals surface area contributed by atoms with Gasteiger partial charge in [0, 0.05) is 0 Å². The van der Waals surface area contributed by atoms with Crippen LogP contribution in [0, 0.1) is 0 Å². The molecule has 1 aliphatic rings. The molecular formula is C13H12O. The van der Waals surface area contributed by atoms with Gasteiger partial charge in [0.2, 0.25) is 0 Å². The van der Waals surface area contributed by atoms with E-state index in [1.165, 1.54) is 5.56 Å². The Hall–Kier alpha value is -1.76. The van der Waals surface area contributed by atoms with Gasteiger partial charge >= 0.3 is 0 Å². The van der Waals surface area contributed by atoms with E-state index in [-0.39, 0.29) is 6.10 Å². The summed E-state index contributed by atoms with van der Waals surface area (Å²) >= 11 is 0. The molecule has 0 aliphatic carbocycles. The monoisotopic (exact) mass is 184 g/mol. The van der Waals surface area contributed by atoms with Crippen molar-refractivity contribution in [1.29, 1.82) is 0 Å². The highest BCUT2D eigenvalue weighted by Crippen LogP contribution is 2.07. The lowest BCUT2D eigenvalue weighted by Gasteiger charge is -2.09. The lowest BCUT2D eigenvalue weighted by molar-refractivity contribution is 0.225. The SMILES string of the molecule is C1=CO[C@@H](/C=C/c2ccccc2)C=C1. The standard InChI is InChI=1S/C13H12O/c1-2-6-12(7-3-1)9-10-13-8-4-5-11-14-13/h1-11,13H/b10-9+/t13-/m1/s1. The van der Waals surface area contributed by atoms with Gasteiger partial charge in [-0.1, -0.05) is 42.5 Å². The van der Waals surface area contributed by atoms with Crippen molar-refractivity contribution in [2.45, 2.75) is 6.10 Å². The lowest BCUT2D eigenvalue weighted by Crippen LogP contribution is -2.03. The fourth-order valence-electron chi connectivity index (χ4n) is 1.28. The Kier molecular flexibility index (Phi) is 2.82. The van der Waals surface area contributed by atoms with Gasteiger partial charge in [0.05, 0.1) is 6.26 Å². The van der Waals surface area contributed by atoms with E-state index >= 15 is 0 Å². The average molecular weight is 184 g/mol. The van der Waals surface area contributed by atoms with Gasteiger partial charge in [-0.05, 0) is 23.8 Å². The predicted molar refractivity (Wildman–Crippen MR) is 58.6 cm³/mol. The van der Waals surface area contributed by atoms with Crippen LogP contribution in [0.15, 0.2) is 60.9 Å². The van der Waals surface area contributed by atoms with Crippen LogP contribution in [0.4, 0.5) is 0 Å². The molecule has 0 N–H and O–H groups in total. The molecule has 14 heavy (non-hydrogen) atoms. The quantitative estimate of drug-likeness (QED) is 0.686. The van der Waals surface area contributed by atoms with Gasteiger partial charge in [-0.25, -0.2) is 0 Å². The minimum atomic E-state index is 0.0696. The summed E-state index contributed by atoms with van der Waals surface area (Å²) in [5, 5.41) is 0. The lowest BCUT2D eigenvalue weighted by atomic mass is 10.2.